The Hall–Kier alpha value is -2.25. The summed E-state index contributed by atoms with van der Waals surface area (Å²) in [5.74, 6) is 0.707. The molecule has 2 aromatic heterocycles. The van der Waals surface area contributed by atoms with Gasteiger partial charge in [-0.2, -0.15) is 0 Å². The third-order valence-electron chi connectivity index (χ3n) is 3.43. The number of halogens is 1. The van der Waals surface area contributed by atoms with Gasteiger partial charge in [-0.05, 0) is 48.3 Å². The van der Waals surface area contributed by atoms with Crippen LogP contribution in [0.25, 0.3) is 5.65 Å². The maximum atomic E-state index is 6.31. The van der Waals surface area contributed by atoms with Gasteiger partial charge in [-0.1, -0.05) is 29.8 Å². The number of fused-ring (bicyclic) bond motifs is 1. The third-order valence-corrected chi connectivity index (χ3v) is 3.78. The Morgan fingerprint density at radius 1 is 1.23 bits per heavy atom. The number of nitrogens with one attached hydrogen (secondary N) is 1. The fourth-order valence-corrected chi connectivity index (χ4v) is 2.52. The summed E-state index contributed by atoms with van der Waals surface area (Å²) in [5.41, 5.74) is 1.69. The molecule has 0 amide bonds. The molecule has 114 valence electrons. The van der Waals surface area contributed by atoms with E-state index in [0.29, 0.717) is 18.0 Å². The highest BCUT2D eigenvalue weighted by Gasteiger charge is 2.17. The average molecular weight is 318 g/mol. The predicted molar refractivity (Wildman–Crippen MR) is 84.9 cm³/mol. The number of benzene rings is 1. The molecular formula is C14H16ClN7. The Bertz CT molecular complexity index is 770. The smallest absolute Gasteiger partial charge is 0.200 e. The molecule has 2 heterocycles. The molecule has 0 aliphatic rings. The monoisotopic (exact) mass is 317 g/mol. The lowest BCUT2D eigenvalue weighted by Gasteiger charge is -2.26. The summed E-state index contributed by atoms with van der Waals surface area (Å²) in [4.78, 5) is 2.11. The number of nitrogens with zero attached hydrogens (tertiary/aromatic N) is 6. The lowest BCUT2D eigenvalue weighted by molar-refractivity contribution is 0.311. The van der Waals surface area contributed by atoms with E-state index in [1.165, 1.54) is 4.63 Å². The first kappa shape index (κ1) is 14.7. The zero-order valence-corrected chi connectivity index (χ0v) is 13.1. The number of tetrazole rings is 1. The molecule has 3 aromatic rings. The summed E-state index contributed by atoms with van der Waals surface area (Å²) in [5, 5.41) is 19.6. The molecule has 0 bridgehead atoms. The Labute approximate surface area is 132 Å². The largest absolute Gasteiger partial charge is 0.367 e. The minimum Gasteiger partial charge on any atom is -0.367 e. The van der Waals surface area contributed by atoms with Crippen molar-refractivity contribution in [2.45, 2.75) is 6.04 Å². The molecule has 1 aromatic carbocycles. The lowest BCUT2D eigenvalue weighted by atomic mass is 10.1. The number of hydrogen-bond acceptors (Lipinski definition) is 6. The summed E-state index contributed by atoms with van der Waals surface area (Å²) in [6, 6.07) is 11.6. The van der Waals surface area contributed by atoms with E-state index in [9.17, 15) is 0 Å². The van der Waals surface area contributed by atoms with Crippen molar-refractivity contribution in [2.24, 2.45) is 0 Å². The minimum atomic E-state index is 0.125. The predicted octanol–water partition coefficient (Wildman–Crippen LogP) is 1.89. The fourth-order valence-electron chi connectivity index (χ4n) is 2.26. The van der Waals surface area contributed by atoms with E-state index in [1.807, 2.05) is 50.5 Å². The molecule has 0 aliphatic carbocycles. The second-order valence-electron chi connectivity index (χ2n) is 5.13. The van der Waals surface area contributed by atoms with Crippen LogP contribution in [0.4, 0.5) is 5.82 Å². The Balaban J connectivity index is 1.78. The molecule has 7 nitrogen and oxygen atoms in total. The number of aromatic nitrogens is 5. The van der Waals surface area contributed by atoms with Crippen LogP contribution in [0.15, 0.2) is 36.4 Å². The molecule has 0 saturated heterocycles. The van der Waals surface area contributed by atoms with Crippen LogP contribution in [0.3, 0.4) is 0 Å². The molecule has 22 heavy (non-hydrogen) atoms. The van der Waals surface area contributed by atoms with Crippen LogP contribution < -0.4 is 5.32 Å². The van der Waals surface area contributed by atoms with E-state index < -0.39 is 0 Å². The topological polar surface area (TPSA) is 71.2 Å². The molecule has 0 spiro atoms. The average Bonchev–Trinajstić information content (AvgIpc) is 2.96. The summed E-state index contributed by atoms with van der Waals surface area (Å²) in [6.45, 7) is 0.664. The lowest BCUT2D eigenvalue weighted by Crippen LogP contribution is -2.27. The molecule has 0 radical (unpaired) electrons. The first-order valence-electron chi connectivity index (χ1n) is 6.85. The minimum absolute atomic E-state index is 0.125. The van der Waals surface area contributed by atoms with Crippen molar-refractivity contribution in [3.8, 4) is 0 Å². The van der Waals surface area contributed by atoms with Gasteiger partial charge in [-0.25, -0.2) is 0 Å². The van der Waals surface area contributed by atoms with Crippen LogP contribution in [0.5, 0.6) is 0 Å². The Kier molecular flexibility index (Phi) is 4.17. The van der Waals surface area contributed by atoms with Gasteiger partial charge in [0.05, 0.1) is 6.04 Å². The zero-order valence-electron chi connectivity index (χ0n) is 12.3. The van der Waals surface area contributed by atoms with Gasteiger partial charge in [0.2, 0.25) is 0 Å². The second kappa shape index (κ2) is 6.25. The first-order valence-corrected chi connectivity index (χ1v) is 7.23. The number of anilines is 1. The first-order chi connectivity index (χ1) is 10.6. The Morgan fingerprint density at radius 3 is 2.82 bits per heavy atom. The summed E-state index contributed by atoms with van der Waals surface area (Å²) >= 11 is 6.31. The van der Waals surface area contributed by atoms with Gasteiger partial charge in [-0.15, -0.1) is 14.8 Å². The standard InChI is InChI=1S/C14H16ClN7/c1-21(2)12(10-5-3-4-6-11(10)15)9-16-13-7-8-14-17-19-20-22(14)18-13/h3-8,12H,9H2,1-2H3,(H,16,18)/t12-/m0/s1. The van der Waals surface area contributed by atoms with Crippen molar-refractivity contribution in [3.63, 3.8) is 0 Å². The molecular weight excluding hydrogens is 302 g/mol. The SMILES string of the molecule is CN(C)[C@@H](CNc1ccc2nnnn2n1)c1ccccc1Cl. The van der Waals surface area contributed by atoms with Crippen LogP contribution in [-0.4, -0.2) is 50.8 Å². The molecule has 0 saturated carbocycles. The van der Waals surface area contributed by atoms with Crippen molar-refractivity contribution >= 4 is 23.1 Å². The number of likely N-dealkylation sites (N-methyl/N-ethyl adjacent to an activating group) is 1. The van der Waals surface area contributed by atoms with Gasteiger partial charge >= 0.3 is 0 Å². The van der Waals surface area contributed by atoms with Gasteiger partial charge in [0.25, 0.3) is 0 Å². The van der Waals surface area contributed by atoms with Crippen molar-refractivity contribution in [1.29, 1.82) is 0 Å². The van der Waals surface area contributed by atoms with Crippen molar-refractivity contribution in [3.05, 3.63) is 47.0 Å². The number of hydrogen-bond donors (Lipinski definition) is 1. The van der Waals surface area contributed by atoms with Crippen LogP contribution in [0.2, 0.25) is 5.02 Å². The van der Waals surface area contributed by atoms with Gasteiger partial charge in [-0.3, -0.25) is 0 Å². The highest BCUT2D eigenvalue weighted by Crippen LogP contribution is 2.26. The van der Waals surface area contributed by atoms with Gasteiger partial charge < -0.3 is 10.2 Å². The van der Waals surface area contributed by atoms with E-state index in [-0.39, 0.29) is 6.04 Å². The molecule has 3 rings (SSSR count). The van der Waals surface area contributed by atoms with Crippen molar-refractivity contribution in [2.75, 3.05) is 26.0 Å². The van der Waals surface area contributed by atoms with Crippen LogP contribution in [0, 0.1) is 0 Å². The van der Waals surface area contributed by atoms with Crippen molar-refractivity contribution in [1.82, 2.24) is 30.2 Å². The number of rotatable bonds is 5. The van der Waals surface area contributed by atoms with E-state index in [0.717, 1.165) is 10.6 Å². The molecule has 0 unspecified atom stereocenters. The molecule has 0 aliphatic heterocycles. The van der Waals surface area contributed by atoms with E-state index in [1.54, 1.807) is 0 Å². The maximum Gasteiger partial charge on any atom is 0.200 e. The molecule has 0 fully saturated rings. The van der Waals surface area contributed by atoms with E-state index >= 15 is 0 Å². The molecule has 1 atom stereocenters. The van der Waals surface area contributed by atoms with Crippen LogP contribution >= 0.6 is 11.6 Å². The maximum absolute atomic E-state index is 6.31. The van der Waals surface area contributed by atoms with Gasteiger partial charge in [0.15, 0.2) is 5.65 Å². The molecule has 1 N–H and O–H groups in total. The third kappa shape index (κ3) is 3.00. The van der Waals surface area contributed by atoms with Crippen LogP contribution in [0.1, 0.15) is 11.6 Å². The van der Waals surface area contributed by atoms with E-state index in [2.05, 4.69) is 30.8 Å². The zero-order chi connectivity index (χ0) is 15.5. The fraction of sp³-hybridized carbons (Fsp3) is 0.286. The molecule has 8 heteroatoms. The highest BCUT2D eigenvalue weighted by atomic mass is 35.5. The van der Waals surface area contributed by atoms with Crippen LogP contribution in [-0.2, 0) is 0 Å². The quantitative estimate of drug-likeness (QED) is 0.775. The summed E-state index contributed by atoms with van der Waals surface area (Å²) < 4.78 is 1.39. The highest BCUT2D eigenvalue weighted by molar-refractivity contribution is 6.31. The summed E-state index contributed by atoms with van der Waals surface area (Å²) in [7, 11) is 4.04. The summed E-state index contributed by atoms with van der Waals surface area (Å²) in [6.07, 6.45) is 0. The normalized spacial score (nSPS) is 12.7. The van der Waals surface area contributed by atoms with Crippen molar-refractivity contribution < 1.29 is 0 Å². The van der Waals surface area contributed by atoms with Gasteiger partial charge in [0.1, 0.15) is 5.82 Å². The van der Waals surface area contributed by atoms with E-state index in [4.69, 9.17) is 11.6 Å². The Morgan fingerprint density at radius 2 is 2.05 bits per heavy atom. The van der Waals surface area contributed by atoms with Gasteiger partial charge in [0, 0.05) is 11.6 Å². The second-order valence-corrected chi connectivity index (χ2v) is 5.53.